The van der Waals surface area contributed by atoms with Crippen molar-refractivity contribution in [2.24, 2.45) is 4.99 Å². The Labute approximate surface area is 77.3 Å². The summed E-state index contributed by atoms with van der Waals surface area (Å²) in [6.07, 6.45) is 1.93. The molecule has 3 nitrogen and oxygen atoms in total. The summed E-state index contributed by atoms with van der Waals surface area (Å²) in [4.78, 5) is 8.61. The van der Waals surface area contributed by atoms with Crippen molar-refractivity contribution >= 4 is 16.8 Å². The van der Waals surface area contributed by atoms with Crippen molar-refractivity contribution in [1.82, 2.24) is 9.80 Å². The maximum Gasteiger partial charge on any atom is 0.129 e. The topological polar surface area (TPSA) is 18.8 Å². The van der Waals surface area contributed by atoms with E-state index in [1.807, 2.05) is 6.08 Å². The van der Waals surface area contributed by atoms with Crippen LogP contribution in [-0.2, 0) is 0 Å². The lowest BCUT2D eigenvalue weighted by molar-refractivity contribution is 0.363. The molecule has 12 heavy (non-hydrogen) atoms. The Balaban J connectivity index is 2.27. The molecule has 1 atom stereocenters. The van der Waals surface area contributed by atoms with Crippen molar-refractivity contribution in [2.45, 2.75) is 13.0 Å². The fraction of sp³-hybridized carbons (Fsp3) is 0.625. The molecule has 0 amide bonds. The van der Waals surface area contributed by atoms with Crippen LogP contribution in [0.1, 0.15) is 6.92 Å². The molecule has 0 radical (unpaired) electrons. The van der Waals surface area contributed by atoms with Crippen LogP contribution in [0.4, 0.5) is 0 Å². The minimum atomic E-state index is 0.564. The van der Waals surface area contributed by atoms with Crippen molar-refractivity contribution in [2.75, 3.05) is 20.3 Å². The highest BCUT2D eigenvalue weighted by molar-refractivity contribution is 6.68. The molecular formula is C8H12ClN3. The van der Waals surface area contributed by atoms with Gasteiger partial charge in [-0.2, -0.15) is 0 Å². The molecule has 0 aromatic rings. The SMILES string of the molecule is C[C@H]1CN2CN=C(Cl)C=C2N1C. The van der Waals surface area contributed by atoms with Crippen molar-refractivity contribution in [3.63, 3.8) is 0 Å². The van der Waals surface area contributed by atoms with Gasteiger partial charge in [0.25, 0.3) is 0 Å². The Bertz CT molecular complexity index is 255. The van der Waals surface area contributed by atoms with Gasteiger partial charge < -0.3 is 9.80 Å². The smallest absolute Gasteiger partial charge is 0.129 e. The van der Waals surface area contributed by atoms with Crippen molar-refractivity contribution in [1.29, 1.82) is 0 Å². The zero-order valence-corrected chi connectivity index (χ0v) is 8.04. The Kier molecular flexibility index (Phi) is 1.76. The van der Waals surface area contributed by atoms with E-state index in [0.29, 0.717) is 17.9 Å². The third-order valence-electron chi connectivity index (χ3n) is 2.47. The molecule has 0 unspecified atom stereocenters. The number of aliphatic imine (C=N–C) groups is 1. The Hall–Kier alpha value is -0.700. The molecule has 0 aliphatic carbocycles. The highest BCUT2D eigenvalue weighted by atomic mass is 35.5. The molecule has 0 aromatic heterocycles. The largest absolute Gasteiger partial charge is 0.357 e. The summed E-state index contributed by atoms with van der Waals surface area (Å²) < 4.78 is 0. The zero-order chi connectivity index (χ0) is 8.72. The quantitative estimate of drug-likeness (QED) is 0.563. The molecule has 0 aromatic carbocycles. The van der Waals surface area contributed by atoms with Gasteiger partial charge in [-0.3, -0.25) is 4.99 Å². The first-order valence-corrected chi connectivity index (χ1v) is 4.45. The van der Waals surface area contributed by atoms with Gasteiger partial charge in [0.05, 0.1) is 0 Å². The summed E-state index contributed by atoms with van der Waals surface area (Å²) in [5.74, 6) is 1.20. The highest BCUT2D eigenvalue weighted by Crippen LogP contribution is 2.24. The predicted molar refractivity (Wildman–Crippen MR) is 50.2 cm³/mol. The number of nitrogens with zero attached hydrogens (tertiary/aromatic N) is 3. The van der Waals surface area contributed by atoms with Crippen LogP contribution >= 0.6 is 11.6 Å². The van der Waals surface area contributed by atoms with Crippen LogP contribution in [0.25, 0.3) is 0 Å². The van der Waals surface area contributed by atoms with E-state index in [2.05, 4.69) is 28.8 Å². The Morgan fingerprint density at radius 2 is 2.42 bits per heavy atom. The van der Waals surface area contributed by atoms with E-state index in [1.165, 1.54) is 5.82 Å². The summed E-state index contributed by atoms with van der Waals surface area (Å²) in [5, 5.41) is 0.613. The molecular weight excluding hydrogens is 174 g/mol. The first kappa shape index (κ1) is 7.92. The molecule has 0 saturated carbocycles. The van der Waals surface area contributed by atoms with E-state index in [4.69, 9.17) is 11.6 Å². The molecule has 2 heterocycles. The van der Waals surface area contributed by atoms with Crippen molar-refractivity contribution in [3.05, 3.63) is 11.9 Å². The molecule has 1 saturated heterocycles. The Morgan fingerprint density at radius 1 is 1.67 bits per heavy atom. The van der Waals surface area contributed by atoms with Gasteiger partial charge in [0.2, 0.25) is 0 Å². The molecule has 0 spiro atoms. The number of halogens is 1. The number of rotatable bonds is 0. The van der Waals surface area contributed by atoms with Crippen LogP contribution in [0.5, 0.6) is 0 Å². The van der Waals surface area contributed by atoms with Crippen LogP contribution in [0.15, 0.2) is 16.9 Å². The van der Waals surface area contributed by atoms with Crippen LogP contribution in [-0.4, -0.2) is 41.3 Å². The second-order valence-corrected chi connectivity index (χ2v) is 3.69. The summed E-state index contributed by atoms with van der Waals surface area (Å²) in [5.41, 5.74) is 0. The van der Waals surface area contributed by atoms with Gasteiger partial charge in [0, 0.05) is 25.7 Å². The monoisotopic (exact) mass is 185 g/mol. The summed E-state index contributed by atoms with van der Waals surface area (Å²) in [6, 6.07) is 0.564. The van der Waals surface area contributed by atoms with Gasteiger partial charge in [-0.25, -0.2) is 0 Å². The first-order valence-electron chi connectivity index (χ1n) is 4.08. The van der Waals surface area contributed by atoms with Gasteiger partial charge in [-0.15, -0.1) is 0 Å². The van der Waals surface area contributed by atoms with E-state index in [1.54, 1.807) is 0 Å². The molecule has 2 aliphatic heterocycles. The summed E-state index contributed by atoms with van der Waals surface area (Å²) in [7, 11) is 2.09. The van der Waals surface area contributed by atoms with E-state index in [0.717, 1.165) is 6.54 Å². The second kappa shape index (κ2) is 2.66. The third-order valence-corrected chi connectivity index (χ3v) is 2.70. The van der Waals surface area contributed by atoms with Gasteiger partial charge in [0.15, 0.2) is 0 Å². The fourth-order valence-electron chi connectivity index (χ4n) is 1.61. The fourth-order valence-corrected chi connectivity index (χ4v) is 1.76. The van der Waals surface area contributed by atoms with Crippen LogP contribution in [0.3, 0.4) is 0 Å². The van der Waals surface area contributed by atoms with E-state index in [9.17, 15) is 0 Å². The zero-order valence-electron chi connectivity index (χ0n) is 7.29. The van der Waals surface area contributed by atoms with Gasteiger partial charge >= 0.3 is 0 Å². The van der Waals surface area contributed by atoms with Crippen molar-refractivity contribution < 1.29 is 0 Å². The van der Waals surface area contributed by atoms with Gasteiger partial charge in [-0.1, -0.05) is 11.6 Å². The molecule has 66 valence electrons. The average Bonchev–Trinajstić information content (AvgIpc) is 2.31. The number of fused-ring (bicyclic) bond motifs is 1. The molecule has 0 bridgehead atoms. The average molecular weight is 186 g/mol. The minimum absolute atomic E-state index is 0.564. The minimum Gasteiger partial charge on any atom is -0.357 e. The highest BCUT2D eigenvalue weighted by Gasteiger charge is 2.29. The molecule has 1 fully saturated rings. The van der Waals surface area contributed by atoms with Crippen LogP contribution in [0.2, 0.25) is 0 Å². The van der Waals surface area contributed by atoms with E-state index >= 15 is 0 Å². The number of likely N-dealkylation sites (N-methyl/N-ethyl adjacent to an activating group) is 1. The lowest BCUT2D eigenvalue weighted by Gasteiger charge is -2.23. The summed E-state index contributed by atoms with van der Waals surface area (Å²) >= 11 is 5.82. The number of allylic oxidation sites excluding steroid dienone is 1. The standard InChI is InChI=1S/C8H12ClN3/c1-6-4-12-5-10-7(9)3-8(12)11(6)2/h3,6H,4-5H2,1-2H3/t6-/m0/s1. The normalized spacial score (nSPS) is 28.4. The molecule has 2 rings (SSSR count). The molecule has 4 heteroatoms. The Morgan fingerprint density at radius 3 is 3.17 bits per heavy atom. The van der Waals surface area contributed by atoms with Gasteiger partial charge in [-0.05, 0) is 6.92 Å². The second-order valence-electron chi connectivity index (χ2n) is 3.31. The van der Waals surface area contributed by atoms with Crippen molar-refractivity contribution in [3.8, 4) is 0 Å². The van der Waals surface area contributed by atoms with Crippen LogP contribution in [0, 0.1) is 0 Å². The van der Waals surface area contributed by atoms with Gasteiger partial charge in [0.1, 0.15) is 17.7 Å². The number of hydrogen-bond donors (Lipinski definition) is 0. The summed E-state index contributed by atoms with van der Waals surface area (Å²) in [6.45, 7) is 3.96. The molecule has 0 N–H and O–H groups in total. The maximum atomic E-state index is 5.82. The lowest BCUT2D eigenvalue weighted by Crippen LogP contribution is -2.25. The van der Waals surface area contributed by atoms with E-state index in [-0.39, 0.29) is 0 Å². The third kappa shape index (κ3) is 1.08. The lowest BCUT2D eigenvalue weighted by atomic mass is 10.3. The first-order chi connectivity index (χ1) is 5.68. The predicted octanol–water partition coefficient (Wildman–Crippen LogP) is 1.07. The molecule has 2 aliphatic rings. The van der Waals surface area contributed by atoms with E-state index < -0.39 is 0 Å². The van der Waals surface area contributed by atoms with Crippen LogP contribution < -0.4 is 0 Å². The maximum absolute atomic E-state index is 5.82. The number of hydrogen-bond acceptors (Lipinski definition) is 3.